The predicted octanol–water partition coefficient (Wildman–Crippen LogP) is 4.77. The summed E-state index contributed by atoms with van der Waals surface area (Å²) in [6.07, 6.45) is 1.66. The van der Waals surface area contributed by atoms with Gasteiger partial charge in [0.05, 0.1) is 19.4 Å². The Morgan fingerprint density at radius 1 is 1.06 bits per heavy atom. The summed E-state index contributed by atoms with van der Waals surface area (Å²) in [5, 5.41) is 12.1. The Kier molecular flexibility index (Phi) is 6.86. The molecule has 0 aliphatic heterocycles. The lowest BCUT2D eigenvalue weighted by Crippen LogP contribution is -2.22. The van der Waals surface area contributed by atoms with Crippen LogP contribution in [-0.4, -0.2) is 21.0 Å². The zero-order valence-corrected chi connectivity index (χ0v) is 18.5. The molecule has 1 N–H and O–H groups in total. The number of nitrogens with one attached hydrogen (secondary N) is 1. The fraction of sp³-hybridized carbons (Fsp3) is 0.227. The van der Waals surface area contributed by atoms with Gasteiger partial charge in [0.2, 0.25) is 5.01 Å². The van der Waals surface area contributed by atoms with Gasteiger partial charge < -0.3 is 9.73 Å². The first-order valence-electron chi connectivity index (χ1n) is 9.70. The maximum Gasteiger partial charge on any atom is 0.282 e. The third kappa shape index (κ3) is 6.06. The van der Waals surface area contributed by atoms with E-state index < -0.39 is 0 Å². The highest BCUT2D eigenvalue weighted by Crippen LogP contribution is 2.21. The number of furan rings is 1. The smallest absolute Gasteiger partial charge is 0.282 e. The summed E-state index contributed by atoms with van der Waals surface area (Å²) in [5.41, 5.74) is 0.815. The van der Waals surface area contributed by atoms with Gasteiger partial charge in [0, 0.05) is 22.8 Å². The molecule has 1 aromatic carbocycles. The summed E-state index contributed by atoms with van der Waals surface area (Å²) in [5.74, 6) is 0.273. The van der Waals surface area contributed by atoms with Crippen molar-refractivity contribution in [1.29, 1.82) is 0 Å². The second kappa shape index (κ2) is 9.95. The highest BCUT2D eigenvalue weighted by Gasteiger charge is 2.17. The summed E-state index contributed by atoms with van der Waals surface area (Å²) >= 11 is 3.03. The number of amides is 1. The number of benzene rings is 1. The van der Waals surface area contributed by atoms with Gasteiger partial charge in [-0.1, -0.05) is 23.5 Å². The zero-order chi connectivity index (χ0) is 21.6. The summed E-state index contributed by atoms with van der Waals surface area (Å²) in [6.45, 7) is 4.34. The van der Waals surface area contributed by atoms with E-state index in [-0.39, 0.29) is 11.7 Å². The minimum atomic E-state index is -0.305. The maximum atomic E-state index is 13.0. The Bertz CT molecular complexity index is 1120. The van der Waals surface area contributed by atoms with Gasteiger partial charge >= 0.3 is 0 Å². The fourth-order valence-electron chi connectivity index (χ4n) is 3.04. The van der Waals surface area contributed by atoms with Gasteiger partial charge in [0.15, 0.2) is 0 Å². The maximum absolute atomic E-state index is 13.0. The summed E-state index contributed by atoms with van der Waals surface area (Å²) in [4.78, 5) is 17.2. The molecule has 3 heterocycles. The van der Waals surface area contributed by atoms with E-state index in [1.165, 1.54) is 33.2 Å². The van der Waals surface area contributed by atoms with Crippen molar-refractivity contribution in [3.05, 3.63) is 91.7 Å². The number of thiophene rings is 1. The fourth-order valence-corrected chi connectivity index (χ4v) is 4.77. The Labute approximate surface area is 187 Å². The topological polar surface area (TPSA) is 71.3 Å². The molecule has 4 aromatic rings. The summed E-state index contributed by atoms with van der Waals surface area (Å²) in [7, 11) is 0. The minimum Gasteiger partial charge on any atom is -0.468 e. The van der Waals surface area contributed by atoms with Gasteiger partial charge in [-0.3, -0.25) is 9.69 Å². The lowest BCUT2D eigenvalue weighted by atomic mass is 10.2. The largest absolute Gasteiger partial charge is 0.468 e. The number of aryl methyl sites for hydroxylation is 1. The standard InChI is InChI=1S/C22H21FN4O2S2/c1-15-4-9-19(30-15)13-27(12-18-3-2-10-29-18)14-20-25-26-22(31-20)21(28)24-11-16-5-7-17(23)8-6-16/h2-10H,11-14H2,1H3,(H,24,28). The third-order valence-corrected chi connectivity index (χ3v) is 6.41. The van der Waals surface area contributed by atoms with Crippen molar-refractivity contribution in [2.45, 2.75) is 33.1 Å². The Morgan fingerprint density at radius 3 is 2.61 bits per heavy atom. The van der Waals surface area contributed by atoms with Crippen molar-refractivity contribution in [3.8, 4) is 0 Å². The number of halogens is 1. The molecule has 0 spiro atoms. The van der Waals surface area contributed by atoms with E-state index in [0.29, 0.717) is 24.6 Å². The van der Waals surface area contributed by atoms with Crippen molar-refractivity contribution >= 4 is 28.6 Å². The lowest BCUT2D eigenvalue weighted by molar-refractivity contribution is 0.0950. The van der Waals surface area contributed by atoms with E-state index in [9.17, 15) is 9.18 Å². The van der Waals surface area contributed by atoms with Gasteiger partial charge in [0.1, 0.15) is 16.6 Å². The van der Waals surface area contributed by atoms with Crippen LogP contribution in [-0.2, 0) is 26.2 Å². The molecule has 0 aliphatic carbocycles. The summed E-state index contributed by atoms with van der Waals surface area (Å²) in [6, 6.07) is 14.1. The number of aromatic nitrogens is 2. The molecule has 1 amide bonds. The van der Waals surface area contributed by atoms with E-state index >= 15 is 0 Å². The molecule has 0 radical (unpaired) electrons. The van der Waals surface area contributed by atoms with Crippen LogP contribution < -0.4 is 5.32 Å². The van der Waals surface area contributed by atoms with Gasteiger partial charge in [0.25, 0.3) is 5.91 Å². The van der Waals surface area contributed by atoms with E-state index in [1.807, 2.05) is 12.1 Å². The molecule has 31 heavy (non-hydrogen) atoms. The Morgan fingerprint density at radius 2 is 1.90 bits per heavy atom. The Balaban J connectivity index is 1.39. The van der Waals surface area contributed by atoms with Crippen LogP contribution in [0.5, 0.6) is 0 Å². The molecule has 0 saturated heterocycles. The third-order valence-electron chi connectivity index (χ3n) is 4.52. The van der Waals surface area contributed by atoms with Crippen LogP contribution in [0.2, 0.25) is 0 Å². The molecule has 0 fully saturated rings. The number of hydrogen-bond acceptors (Lipinski definition) is 7. The summed E-state index contributed by atoms with van der Waals surface area (Å²) < 4.78 is 18.5. The molecule has 6 nitrogen and oxygen atoms in total. The van der Waals surface area contributed by atoms with Gasteiger partial charge in [-0.15, -0.1) is 21.5 Å². The van der Waals surface area contributed by atoms with Gasteiger partial charge in [-0.25, -0.2) is 4.39 Å². The average molecular weight is 457 g/mol. The van der Waals surface area contributed by atoms with Crippen LogP contribution >= 0.6 is 22.7 Å². The quantitative estimate of drug-likeness (QED) is 0.393. The molecule has 3 aromatic heterocycles. The SMILES string of the molecule is Cc1ccc(CN(Cc2ccco2)Cc2nnc(C(=O)NCc3ccc(F)cc3)s2)s1. The molecular formula is C22H21FN4O2S2. The number of nitrogens with zero attached hydrogens (tertiary/aromatic N) is 3. The van der Waals surface area contributed by atoms with Crippen LogP contribution in [0.25, 0.3) is 0 Å². The first-order valence-corrected chi connectivity index (χ1v) is 11.3. The van der Waals surface area contributed by atoms with Crippen LogP contribution in [0.3, 0.4) is 0 Å². The molecule has 0 bridgehead atoms. The van der Waals surface area contributed by atoms with Crippen molar-refractivity contribution in [2.75, 3.05) is 0 Å². The average Bonchev–Trinajstić information content (AvgIpc) is 3.51. The van der Waals surface area contributed by atoms with Crippen molar-refractivity contribution in [3.63, 3.8) is 0 Å². The molecule has 9 heteroatoms. The van der Waals surface area contributed by atoms with E-state index in [2.05, 4.69) is 39.5 Å². The predicted molar refractivity (Wildman–Crippen MR) is 118 cm³/mol. The van der Waals surface area contributed by atoms with Crippen LogP contribution in [0.15, 0.2) is 59.2 Å². The van der Waals surface area contributed by atoms with Gasteiger partial charge in [-0.05, 0) is 48.9 Å². The number of carbonyl (C=O) groups excluding carboxylic acids is 1. The second-order valence-electron chi connectivity index (χ2n) is 7.05. The molecule has 0 saturated carbocycles. The highest BCUT2D eigenvalue weighted by molar-refractivity contribution is 7.13. The first-order chi connectivity index (χ1) is 15.0. The van der Waals surface area contributed by atoms with E-state index in [4.69, 9.17) is 4.42 Å². The van der Waals surface area contributed by atoms with Crippen molar-refractivity contribution in [2.24, 2.45) is 0 Å². The van der Waals surface area contributed by atoms with E-state index in [1.54, 1.807) is 29.7 Å². The van der Waals surface area contributed by atoms with Crippen LogP contribution in [0.4, 0.5) is 4.39 Å². The number of rotatable bonds is 9. The minimum absolute atomic E-state index is 0.292. The molecule has 4 rings (SSSR count). The number of carbonyl (C=O) groups is 1. The van der Waals surface area contributed by atoms with Crippen LogP contribution in [0.1, 0.15) is 35.9 Å². The monoisotopic (exact) mass is 456 g/mol. The Hall–Kier alpha value is -2.88. The first kappa shape index (κ1) is 21.4. The molecule has 0 atom stereocenters. The molecular weight excluding hydrogens is 435 g/mol. The number of hydrogen-bond donors (Lipinski definition) is 1. The lowest BCUT2D eigenvalue weighted by Gasteiger charge is -2.18. The van der Waals surface area contributed by atoms with Gasteiger partial charge in [-0.2, -0.15) is 0 Å². The normalized spacial score (nSPS) is 11.2. The van der Waals surface area contributed by atoms with Crippen molar-refractivity contribution < 1.29 is 13.6 Å². The highest BCUT2D eigenvalue weighted by atomic mass is 32.1. The zero-order valence-electron chi connectivity index (χ0n) is 16.9. The van der Waals surface area contributed by atoms with E-state index in [0.717, 1.165) is 22.9 Å². The van der Waals surface area contributed by atoms with Crippen LogP contribution in [0, 0.1) is 12.7 Å². The van der Waals surface area contributed by atoms with Crippen molar-refractivity contribution in [1.82, 2.24) is 20.4 Å². The molecule has 160 valence electrons. The molecule has 0 unspecified atom stereocenters. The molecule has 0 aliphatic rings. The second-order valence-corrected chi connectivity index (χ2v) is 9.48.